The molecule has 3 nitrogen and oxygen atoms in total. The highest BCUT2D eigenvalue weighted by molar-refractivity contribution is 7.15. The first-order chi connectivity index (χ1) is 6.27. The normalized spacial score (nSPS) is 10.3. The lowest BCUT2D eigenvalue weighted by Gasteiger charge is -1.90. The van der Waals surface area contributed by atoms with Crippen molar-refractivity contribution in [3.05, 3.63) is 28.8 Å². The van der Waals surface area contributed by atoms with Gasteiger partial charge in [0.05, 0.1) is 0 Å². The van der Waals surface area contributed by atoms with Crippen molar-refractivity contribution in [1.82, 2.24) is 15.0 Å². The number of hydrogen-bond donors (Lipinski definition) is 0. The van der Waals surface area contributed by atoms with Crippen molar-refractivity contribution in [3.63, 3.8) is 0 Å². The third-order valence-corrected chi connectivity index (χ3v) is 3.05. The van der Waals surface area contributed by atoms with Crippen molar-refractivity contribution in [1.29, 1.82) is 0 Å². The van der Waals surface area contributed by atoms with E-state index < -0.39 is 0 Å². The van der Waals surface area contributed by atoms with Crippen LogP contribution in [0, 0.1) is 6.92 Å². The fourth-order valence-corrected chi connectivity index (χ4v) is 1.94. The average molecular weight is 212 g/mol. The van der Waals surface area contributed by atoms with Crippen molar-refractivity contribution in [2.75, 3.05) is 0 Å². The zero-order valence-corrected chi connectivity index (χ0v) is 8.43. The smallest absolute Gasteiger partial charge is 0.143 e. The van der Waals surface area contributed by atoms with Crippen LogP contribution >= 0.6 is 22.9 Å². The molecule has 0 aliphatic heterocycles. The van der Waals surface area contributed by atoms with Gasteiger partial charge in [0.1, 0.15) is 16.5 Å². The van der Waals surface area contributed by atoms with Crippen LogP contribution in [0.15, 0.2) is 18.7 Å². The summed E-state index contributed by atoms with van der Waals surface area (Å²) in [6, 6.07) is 0. The summed E-state index contributed by atoms with van der Waals surface area (Å²) in [7, 11) is 0. The topological polar surface area (TPSA) is 38.7 Å². The maximum absolute atomic E-state index is 5.84. The number of nitrogens with zero attached hydrogens (tertiary/aromatic N) is 3. The lowest BCUT2D eigenvalue weighted by Crippen LogP contribution is -1.79. The second-order valence-electron chi connectivity index (χ2n) is 2.49. The summed E-state index contributed by atoms with van der Waals surface area (Å²) in [6.07, 6.45) is 4.94. The van der Waals surface area contributed by atoms with Crippen molar-refractivity contribution in [2.24, 2.45) is 0 Å². The lowest BCUT2D eigenvalue weighted by molar-refractivity contribution is 1.17. The van der Waals surface area contributed by atoms with Gasteiger partial charge in [-0.15, -0.1) is 11.3 Å². The van der Waals surface area contributed by atoms with Gasteiger partial charge in [0, 0.05) is 22.8 Å². The van der Waals surface area contributed by atoms with Crippen molar-refractivity contribution in [3.8, 4) is 10.6 Å². The molecule has 0 aliphatic rings. The number of thiazole rings is 1. The Balaban J connectivity index is 2.48. The number of halogens is 1. The maximum Gasteiger partial charge on any atom is 0.143 e. The molecule has 5 heteroatoms. The Hall–Kier alpha value is -1.00. The first kappa shape index (κ1) is 8.59. The average Bonchev–Trinajstić information content (AvgIpc) is 2.49. The molecular formula is C8H6ClN3S. The van der Waals surface area contributed by atoms with Crippen molar-refractivity contribution < 1.29 is 0 Å². The highest BCUT2D eigenvalue weighted by Gasteiger charge is 2.06. The molecule has 2 heterocycles. The highest BCUT2D eigenvalue weighted by Crippen LogP contribution is 2.28. The van der Waals surface area contributed by atoms with Crippen LogP contribution in [0.25, 0.3) is 10.6 Å². The standard InChI is InChI=1S/C8H6ClN3S/c1-5-7(9)12-8(13-5)6-2-10-4-11-3-6/h2-4H,1H3. The molecule has 0 atom stereocenters. The molecule has 0 aromatic carbocycles. The van der Waals surface area contributed by atoms with Crippen LogP contribution in [-0.2, 0) is 0 Å². The SMILES string of the molecule is Cc1sc(-c2cncnc2)nc1Cl. The Bertz CT molecular complexity index is 393. The summed E-state index contributed by atoms with van der Waals surface area (Å²) in [6.45, 7) is 1.94. The molecule has 0 saturated heterocycles. The molecule has 2 rings (SSSR count). The van der Waals surface area contributed by atoms with Crippen LogP contribution in [-0.4, -0.2) is 15.0 Å². The van der Waals surface area contributed by atoms with E-state index in [9.17, 15) is 0 Å². The quantitative estimate of drug-likeness (QED) is 0.728. The molecule has 0 fully saturated rings. The summed E-state index contributed by atoms with van der Waals surface area (Å²) < 4.78 is 0. The molecule has 0 aliphatic carbocycles. The largest absolute Gasteiger partial charge is 0.244 e. The zero-order chi connectivity index (χ0) is 9.26. The van der Waals surface area contributed by atoms with E-state index in [0.717, 1.165) is 15.4 Å². The Labute approximate surface area is 84.5 Å². The van der Waals surface area contributed by atoms with E-state index in [4.69, 9.17) is 11.6 Å². The Morgan fingerprint density at radius 3 is 2.54 bits per heavy atom. The van der Waals surface area contributed by atoms with Gasteiger partial charge in [-0.3, -0.25) is 0 Å². The highest BCUT2D eigenvalue weighted by atomic mass is 35.5. The Morgan fingerprint density at radius 1 is 1.31 bits per heavy atom. The summed E-state index contributed by atoms with van der Waals surface area (Å²) in [5.41, 5.74) is 0.905. The molecule has 2 aromatic rings. The van der Waals surface area contributed by atoms with Crippen LogP contribution in [0.3, 0.4) is 0 Å². The van der Waals surface area contributed by atoms with Gasteiger partial charge in [-0.2, -0.15) is 0 Å². The van der Waals surface area contributed by atoms with Gasteiger partial charge >= 0.3 is 0 Å². The van der Waals surface area contributed by atoms with E-state index in [1.54, 1.807) is 23.7 Å². The summed E-state index contributed by atoms with van der Waals surface area (Å²) in [4.78, 5) is 13.0. The monoisotopic (exact) mass is 211 g/mol. The second-order valence-corrected chi connectivity index (χ2v) is 4.05. The van der Waals surface area contributed by atoms with E-state index in [1.807, 2.05) is 6.92 Å². The Kier molecular flexibility index (Phi) is 2.24. The van der Waals surface area contributed by atoms with Crippen LogP contribution in [0.1, 0.15) is 4.88 Å². The molecule has 0 N–H and O–H groups in total. The molecule has 13 heavy (non-hydrogen) atoms. The molecule has 0 amide bonds. The van der Waals surface area contributed by atoms with Gasteiger partial charge in [0.2, 0.25) is 0 Å². The van der Waals surface area contributed by atoms with Gasteiger partial charge in [0.25, 0.3) is 0 Å². The number of rotatable bonds is 1. The van der Waals surface area contributed by atoms with E-state index in [1.165, 1.54) is 6.33 Å². The van der Waals surface area contributed by atoms with Gasteiger partial charge in [-0.1, -0.05) is 11.6 Å². The lowest BCUT2D eigenvalue weighted by atomic mass is 10.4. The molecule has 0 bridgehead atoms. The predicted molar refractivity (Wildman–Crippen MR) is 52.9 cm³/mol. The van der Waals surface area contributed by atoms with Crippen LogP contribution < -0.4 is 0 Å². The summed E-state index contributed by atoms with van der Waals surface area (Å²) >= 11 is 7.38. The van der Waals surface area contributed by atoms with E-state index >= 15 is 0 Å². The molecular weight excluding hydrogens is 206 g/mol. The fourth-order valence-electron chi connectivity index (χ4n) is 0.911. The number of aromatic nitrogens is 3. The molecule has 0 spiro atoms. The zero-order valence-electron chi connectivity index (χ0n) is 6.86. The predicted octanol–water partition coefficient (Wildman–Crippen LogP) is 2.56. The summed E-state index contributed by atoms with van der Waals surface area (Å²) in [5, 5.41) is 1.42. The Morgan fingerprint density at radius 2 is 2.00 bits per heavy atom. The molecule has 0 radical (unpaired) electrons. The molecule has 0 unspecified atom stereocenters. The molecule has 2 aromatic heterocycles. The van der Waals surface area contributed by atoms with Gasteiger partial charge in [-0.05, 0) is 6.92 Å². The van der Waals surface area contributed by atoms with Crippen molar-refractivity contribution >= 4 is 22.9 Å². The first-order valence-corrected chi connectivity index (χ1v) is 4.85. The van der Waals surface area contributed by atoms with Gasteiger partial charge in [-0.25, -0.2) is 15.0 Å². The van der Waals surface area contributed by atoms with Crippen LogP contribution in [0.2, 0.25) is 5.15 Å². The minimum absolute atomic E-state index is 0.559. The van der Waals surface area contributed by atoms with Gasteiger partial charge < -0.3 is 0 Å². The second kappa shape index (κ2) is 3.40. The van der Waals surface area contributed by atoms with Gasteiger partial charge in [0.15, 0.2) is 0 Å². The fraction of sp³-hybridized carbons (Fsp3) is 0.125. The third-order valence-electron chi connectivity index (χ3n) is 1.55. The van der Waals surface area contributed by atoms with E-state index in [-0.39, 0.29) is 0 Å². The minimum atomic E-state index is 0.559. The number of hydrogen-bond acceptors (Lipinski definition) is 4. The van der Waals surface area contributed by atoms with Crippen molar-refractivity contribution in [2.45, 2.75) is 6.92 Å². The number of aryl methyl sites for hydroxylation is 1. The van der Waals surface area contributed by atoms with E-state index in [2.05, 4.69) is 15.0 Å². The summed E-state index contributed by atoms with van der Waals surface area (Å²) in [5.74, 6) is 0. The van der Waals surface area contributed by atoms with Crippen LogP contribution in [0.5, 0.6) is 0 Å². The third kappa shape index (κ3) is 1.68. The first-order valence-electron chi connectivity index (χ1n) is 3.65. The molecule has 0 saturated carbocycles. The van der Waals surface area contributed by atoms with Crippen LogP contribution in [0.4, 0.5) is 0 Å². The minimum Gasteiger partial charge on any atom is -0.244 e. The molecule has 66 valence electrons. The maximum atomic E-state index is 5.84. The van der Waals surface area contributed by atoms with E-state index in [0.29, 0.717) is 5.15 Å².